The maximum Gasteiger partial charge on any atom is 0.0772 e. The highest BCUT2D eigenvalue weighted by atomic mass is 79.9. The molecular formula is C14H19BrOS. The van der Waals surface area contributed by atoms with Crippen LogP contribution in [0.4, 0.5) is 0 Å². The van der Waals surface area contributed by atoms with Crippen LogP contribution in [0.1, 0.15) is 44.3 Å². The molecule has 0 amide bonds. The molecule has 94 valence electrons. The third-order valence-electron chi connectivity index (χ3n) is 3.38. The van der Waals surface area contributed by atoms with E-state index in [1.54, 1.807) is 6.92 Å². The molecule has 1 aromatic rings. The van der Waals surface area contributed by atoms with Gasteiger partial charge >= 0.3 is 0 Å². The Labute approximate surface area is 116 Å². The summed E-state index contributed by atoms with van der Waals surface area (Å²) in [5.41, 5.74) is 0.968. The van der Waals surface area contributed by atoms with Gasteiger partial charge in [0.05, 0.1) is 6.10 Å². The van der Waals surface area contributed by atoms with Crippen molar-refractivity contribution in [1.29, 1.82) is 0 Å². The van der Waals surface area contributed by atoms with Crippen LogP contribution in [-0.2, 0) is 0 Å². The van der Waals surface area contributed by atoms with Gasteiger partial charge in [-0.25, -0.2) is 0 Å². The van der Waals surface area contributed by atoms with Crippen LogP contribution in [0.5, 0.6) is 0 Å². The van der Waals surface area contributed by atoms with Gasteiger partial charge in [-0.2, -0.15) is 0 Å². The molecule has 0 saturated heterocycles. The molecule has 1 saturated carbocycles. The van der Waals surface area contributed by atoms with Crippen molar-refractivity contribution in [2.75, 3.05) is 5.75 Å². The minimum absolute atomic E-state index is 0.404. The summed E-state index contributed by atoms with van der Waals surface area (Å²) in [7, 11) is 0. The SMILES string of the molecule is C[C@@H](O)c1ccc(SCC2CCCC2)cc1Br. The van der Waals surface area contributed by atoms with Crippen molar-refractivity contribution < 1.29 is 5.11 Å². The number of aliphatic hydroxyl groups excluding tert-OH is 1. The molecule has 1 aliphatic carbocycles. The Morgan fingerprint density at radius 3 is 2.71 bits per heavy atom. The maximum atomic E-state index is 9.56. The lowest BCUT2D eigenvalue weighted by Gasteiger charge is -2.11. The zero-order valence-electron chi connectivity index (χ0n) is 10.2. The summed E-state index contributed by atoms with van der Waals surface area (Å²) in [6, 6.07) is 6.26. The molecule has 0 aliphatic heterocycles. The lowest BCUT2D eigenvalue weighted by atomic mass is 10.1. The van der Waals surface area contributed by atoms with Crippen molar-refractivity contribution in [3.05, 3.63) is 28.2 Å². The minimum atomic E-state index is -0.404. The highest BCUT2D eigenvalue weighted by Crippen LogP contribution is 2.33. The first-order valence-electron chi connectivity index (χ1n) is 6.27. The Morgan fingerprint density at radius 1 is 1.41 bits per heavy atom. The average molecular weight is 315 g/mol. The van der Waals surface area contributed by atoms with E-state index in [1.807, 2.05) is 17.8 Å². The van der Waals surface area contributed by atoms with E-state index in [2.05, 4.69) is 28.1 Å². The van der Waals surface area contributed by atoms with Crippen molar-refractivity contribution in [3.8, 4) is 0 Å². The van der Waals surface area contributed by atoms with Crippen LogP contribution in [0.2, 0.25) is 0 Å². The zero-order chi connectivity index (χ0) is 12.3. The second-order valence-electron chi connectivity index (χ2n) is 4.82. The van der Waals surface area contributed by atoms with Gasteiger partial charge in [0.15, 0.2) is 0 Å². The largest absolute Gasteiger partial charge is 0.389 e. The van der Waals surface area contributed by atoms with Gasteiger partial charge in [0, 0.05) is 15.1 Å². The lowest BCUT2D eigenvalue weighted by molar-refractivity contribution is 0.198. The topological polar surface area (TPSA) is 20.2 Å². The average Bonchev–Trinajstić information content (AvgIpc) is 2.78. The number of aliphatic hydroxyl groups is 1. The van der Waals surface area contributed by atoms with Gasteiger partial charge in [-0.3, -0.25) is 0 Å². The molecule has 3 heteroatoms. The third-order valence-corrected chi connectivity index (χ3v) is 5.29. The van der Waals surface area contributed by atoms with Gasteiger partial charge in [0.1, 0.15) is 0 Å². The molecule has 2 rings (SSSR count). The number of benzene rings is 1. The van der Waals surface area contributed by atoms with Crippen molar-refractivity contribution >= 4 is 27.7 Å². The quantitative estimate of drug-likeness (QED) is 0.807. The minimum Gasteiger partial charge on any atom is -0.389 e. The number of thioether (sulfide) groups is 1. The fraction of sp³-hybridized carbons (Fsp3) is 0.571. The third kappa shape index (κ3) is 3.73. The Morgan fingerprint density at radius 2 is 2.12 bits per heavy atom. The van der Waals surface area contributed by atoms with Gasteiger partial charge in [0.2, 0.25) is 0 Å². The van der Waals surface area contributed by atoms with Crippen LogP contribution in [0.3, 0.4) is 0 Å². The first-order valence-corrected chi connectivity index (χ1v) is 8.05. The fourth-order valence-electron chi connectivity index (χ4n) is 2.33. The molecule has 1 atom stereocenters. The molecule has 0 radical (unpaired) electrons. The molecule has 0 bridgehead atoms. The van der Waals surface area contributed by atoms with E-state index in [0.717, 1.165) is 16.0 Å². The van der Waals surface area contributed by atoms with E-state index < -0.39 is 6.10 Å². The van der Waals surface area contributed by atoms with E-state index in [4.69, 9.17) is 0 Å². The van der Waals surface area contributed by atoms with Gasteiger partial charge in [-0.15, -0.1) is 11.8 Å². The standard InChI is InChI=1S/C14H19BrOS/c1-10(16)13-7-6-12(8-14(13)15)17-9-11-4-2-3-5-11/h6-8,10-11,16H,2-5,9H2,1H3/t10-/m1/s1. The van der Waals surface area contributed by atoms with E-state index in [0.29, 0.717) is 0 Å². The lowest BCUT2D eigenvalue weighted by Crippen LogP contribution is -1.97. The molecule has 0 heterocycles. The van der Waals surface area contributed by atoms with E-state index in [-0.39, 0.29) is 0 Å². The first-order chi connectivity index (χ1) is 8.16. The maximum absolute atomic E-state index is 9.56. The number of halogens is 1. The number of rotatable bonds is 4. The molecule has 1 aliphatic rings. The van der Waals surface area contributed by atoms with Gasteiger partial charge in [0.25, 0.3) is 0 Å². The van der Waals surface area contributed by atoms with Crippen LogP contribution in [0.25, 0.3) is 0 Å². The Kier molecular flexibility index (Phi) is 4.95. The first kappa shape index (κ1) is 13.4. The zero-order valence-corrected chi connectivity index (χ0v) is 12.6. The summed E-state index contributed by atoms with van der Waals surface area (Å²) in [5.74, 6) is 2.15. The normalized spacial score (nSPS) is 18.5. The van der Waals surface area contributed by atoms with Crippen LogP contribution < -0.4 is 0 Å². The Bertz CT molecular complexity index is 372. The van der Waals surface area contributed by atoms with Crippen LogP contribution in [0.15, 0.2) is 27.6 Å². The molecule has 1 N–H and O–H groups in total. The van der Waals surface area contributed by atoms with Gasteiger partial charge in [-0.1, -0.05) is 34.8 Å². The summed E-state index contributed by atoms with van der Waals surface area (Å²) < 4.78 is 1.02. The predicted molar refractivity (Wildman–Crippen MR) is 77.5 cm³/mol. The molecule has 0 aromatic heterocycles. The smallest absolute Gasteiger partial charge is 0.0772 e. The summed E-state index contributed by atoms with van der Waals surface area (Å²) in [6.45, 7) is 1.80. The van der Waals surface area contributed by atoms with Crippen molar-refractivity contribution in [2.45, 2.75) is 43.6 Å². The summed E-state index contributed by atoms with van der Waals surface area (Å²) in [4.78, 5) is 1.30. The highest BCUT2D eigenvalue weighted by Gasteiger charge is 2.15. The molecule has 1 fully saturated rings. The fourth-order valence-corrected chi connectivity index (χ4v) is 4.32. The van der Waals surface area contributed by atoms with Crippen molar-refractivity contribution in [1.82, 2.24) is 0 Å². The Balaban J connectivity index is 1.94. The van der Waals surface area contributed by atoms with Crippen molar-refractivity contribution in [2.24, 2.45) is 5.92 Å². The number of hydrogen-bond acceptors (Lipinski definition) is 2. The van der Waals surface area contributed by atoms with Crippen molar-refractivity contribution in [3.63, 3.8) is 0 Å². The second-order valence-corrected chi connectivity index (χ2v) is 6.77. The molecular weight excluding hydrogens is 296 g/mol. The monoisotopic (exact) mass is 314 g/mol. The molecule has 1 aromatic carbocycles. The van der Waals surface area contributed by atoms with Crippen LogP contribution in [-0.4, -0.2) is 10.9 Å². The van der Waals surface area contributed by atoms with E-state index in [1.165, 1.54) is 36.3 Å². The Hall–Kier alpha value is 0.01000. The van der Waals surface area contributed by atoms with E-state index >= 15 is 0 Å². The molecule has 0 spiro atoms. The molecule has 1 nitrogen and oxygen atoms in total. The second kappa shape index (κ2) is 6.26. The van der Waals surface area contributed by atoms with E-state index in [9.17, 15) is 5.11 Å². The number of hydrogen-bond donors (Lipinski definition) is 1. The van der Waals surface area contributed by atoms with Crippen LogP contribution >= 0.6 is 27.7 Å². The van der Waals surface area contributed by atoms with Gasteiger partial charge in [-0.05, 0) is 43.4 Å². The van der Waals surface area contributed by atoms with Gasteiger partial charge < -0.3 is 5.11 Å². The van der Waals surface area contributed by atoms with Crippen LogP contribution in [0, 0.1) is 5.92 Å². The molecule has 0 unspecified atom stereocenters. The summed E-state index contributed by atoms with van der Waals surface area (Å²) in [6.07, 6.45) is 5.23. The summed E-state index contributed by atoms with van der Waals surface area (Å²) >= 11 is 5.47. The highest BCUT2D eigenvalue weighted by molar-refractivity contribution is 9.10. The summed E-state index contributed by atoms with van der Waals surface area (Å²) in [5, 5.41) is 9.56. The molecule has 17 heavy (non-hydrogen) atoms. The predicted octanol–water partition coefficient (Wildman–Crippen LogP) is 4.78.